The Morgan fingerprint density at radius 2 is 1.77 bits per heavy atom. The maximum atomic E-state index is 13.4. The summed E-state index contributed by atoms with van der Waals surface area (Å²) in [5.41, 5.74) is -1.29. The standard InChI is InChI=1S/C24H20ClF3N2O4S/c1-2-13-34-19-8-6-7-17(14-19)29-23(31)16-30(35(32,33)20-9-4-3-5-10-20)18-11-12-22(25)21(15-18)24(26,27)28/h2-12,14-15H,1,13,16H2,(H,29,31). The predicted octanol–water partition coefficient (Wildman–Crippen LogP) is 5.76. The van der Waals surface area contributed by atoms with Gasteiger partial charge in [-0.3, -0.25) is 9.10 Å². The minimum Gasteiger partial charge on any atom is -0.489 e. The molecule has 6 nitrogen and oxygen atoms in total. The van der Waals surface area contributed by atoms with E-state index in [9.17, 15) is 26.4 Å². The van der Waals surface area contributed by atoms with E-state index in [1.807, 2.05) is 0 Å². The van der Waals surface area contributed by atoms with Crippen LogP contribution in [0.2, 0.25) is 5.02 Å². The Morgan fingerprint density at radius 3 is 2.43 bits per heavy atom. The van der Waals surface area contributed by atoms with Crippen molar-refractivity contribution in [1.29, 1.82) is 0 Å². The van der Waals surface area contributed by atoms with Gasteiger partial charge in [0.15, 0.2) is 0 Å². The second-order valence-electron chi connectivity index (χ2n) is 7.16. The number of alkyl halides is 3. The minimum atomic E-state index is -4.83. The van der Waals surface area contributed by atoms with Crippen molar-refractivity contribution in [3.8, 4) is 5.75 Å². The fourth-order valence-corrected chi connectivity index (χ4v) is 4.73. The van der Waals surface area contributed by atoms with Gasteiger partial charge < -0.3 is 10.1 Å². The highest BCUT2D eigenvalue weighted by atomic mass is 35.5. The second-order valence-corrected chi connectivity index (χ2v) is 9.43. The lowest BCUT2D eigenvalue weighted by molar-refractivity contribution is -0.137. The van der Waals surface area contributed by atoms with Crippen LogP contribution in [0.4, 0.5) is 24.5 Å². The number of anilines is 2. The molecule has 0 bridgehead atoms. The number of sulfonamides is 1. The highest BCUT2D eigenvalue weighted by Crippen LogP contribution is 2.38. The number of carbonyl (C=O) groups excluding carboxylic acids is 1. The quantitative estimate of drug-likeness (QED) is 0.361. The van der Waals surface area contributed by atoms with Crippen LogP contribution in [0.15, 0.2) is 90.3 Å². The lowest BCUT2D eigenvalue weighted by atomic mass is 10.2. The number of hydrogen-bond acceptors (Lipinski definition) is 4. The summed E-state index contributed by atoms with van der Waals surface area (Å²) in [4.78, 5) is 12.6. The maximum Gasteiger partial charge on any atom is 0.417 e. The van der Waals surface area contributed by atoms with E-state index in [0.717, 1.165) is 12.1 Å². The summed E-state index contributed by atoms with van der Waals surface area (Å²) in [6, 6.07) is 16.0. The largest absolute Gasteiger partial charge is 0.489 e. The third-order valence-electron chi connectivity index (χ3n) is 4.65. The SMILES string of the molecule is C=CCOc1cccc(NC(=O)CN(c2ccc(Cl)c(C(F)(F)F)c2)S(=O)(=O)c2ccccc2)c1. The van der Waals surface area contributed by atoms with Gasteiger partial charge in [0.05, 0.1) is 21.2 Å². The normalized spacial score (nSPS) is 11.5. The minimum absolute atomic E-state index is 0.198. The van der Waals surface area contributed by atoms with Gasteiger partial charge in [-0.1, -0.05) is 48.5 Å². The van der Waals surface area contributed by atoms with E-state index >= 15 is 0 Å². The third-order valence-corrected chi connectivity index (χ3v) is 6.77. The first kappa shape index (κ1) is 26.1. The summed E-state index contributed by atoms with van der Waals surface area (Å²) < 4.78 is 73.0. The van der Waals surface area contributed by atoms with Crippen LogP contribution >= 0.6 is 11.6 Å². The molecule has 0 fully saturated rings. The Labute approximate surface area is 205 Å². The average molecular weight is 525 g/mol. The smallest absolute Gasteiger partial charge is 0.417 e. The lowest BCUT2D eigenvalue weighted by Gasteiger charge is -2.25. The van der Waals surface area contributed by atoms with Gasteiger partial charge in [-0.15, -0.1) is 0 Å². The van der Waals surface area contributed by atoms with Gasteiger partial charge in [-0.05, 0) is 42.5 Å². The van der Waals surface area contributed by atoms with Crippen molar-refractivity contribution in [2.75, 3.05) is 22.8 Å². The molecular weight excluding hydrogens is 505 g/mol. The van der Waals surface area contributed by atoms with Gasteiger partial charge in [-0.25, -0.2) is 8.42 Å². The van der Waals surface area contributed by atoms with E-state index in [-0.39, 0.29) is 17.2 Å². The highest BCUT2D eigenvalue weighted by Gasteiger charge is 2.35. The number of carbonyl (C=O) groups is 1. The number of amides is 1. The Kier molecular flexibility index (Phi) is 8.08. The Bertz CT molecular complexity index is 1320. The van der Waals surface area contributed by atoms with Crippen molar-refractivity contribution >= 4 is 38.9 Å². The Balaban J connectivity index is 1.97. The second kappa shape index (κ2) is 10.8. The van der Waals surface area contributed by atoms with Gasteiger partial charge >= 0.3 is 6.18 Å². The maximum absolute atomic E-state index is 13.4. The third kappa shape index (κ3) is 6.55. The predicted molar refractivity (Wildman–Crippen MR) is 128 cm³/mol. The van der Waals surface area contributed by atoms with Crippen LogP contribution in [-0.4, -0.2) is 27.5 Å². The van der Waals surface area contributed by atoms with Crippen molar-refractivity contribution in [2.45, 2.75) is 11.1 Å². The van der Waals surface area contributed by atoms with Gasteiger partial charge in [0, 0.05) is 11.8 Å². The first-order valence-corrected chi connectivity index (χ1v) is 11.9. The summed E-state index contributed by atoms with van der Waals surface area (Å²) in [6.45, 7) is 2.98. The molecule has 3 rings (SSSR count). The van der Waals surface area contributed by atoms with Crippen molar-refractivity contribution < 1.29 is 31.1 Å². The number of benzene rings is 3. The molecule has 0 saturated carbocycles. The van der Waals surface area contributed by atoms with E-state index < -0.39 is 39.2 Å². The number of nitrogens with zero attached hydrogens (tertiary/aromatic N) is 1. The van der Waals surface area contributed by atoms with E-state index in [0.29, 0.717) is 21.8 Å². The molecule has 1 amide bonds. The van der Waals surface area contributed by atoms with Crippen LogP contribution < -0.4 is 14.4 Å². The van der Waals surface area contributed by atoms with Crippen LogP contribution in [0.25, 0.3) is 0 Å². The molecule has 3 aromatic rings. The summed E-state index contributed by atoms with van der Waals surface area (Å²) in [5.74, 6) is -0.349. The molecule has 0 aliphatic carbocycles. The lowest BCUT2D eigenvalue weighted by Crippen LogP contribution is -2.38. The van der Waals surface area contributed by atoms with Crippen molar-refractivity contribution in [3.05, 3.63) is 96.0 Å². The number of rotatable bonds is 9. The fourth-order valence-electron chi connectivity index (χ4n) is 3.07. The van der Waals surface area contributed by atoms with Gasteiger partial charge in [0.25, 0.3) is 10.0 Å². The Hall–Kier alpha value is -3.50. The average Bonchev–Trinajstić information content (AvgIpc) is 2.81. The molecule has 0 aromatic heterocycles. The monoisotopic (exact) mass is 524 g/mol. The van der Waals surface area contributed by atoms with Gasteiger partial charge in [0.1, 0.15) is 18.9 Å². The molecule has 184 valence electrons. The first-order chi connectivity index (χ1) is 16.5. The molecule has 1 N–H and O–H groups in total. The van der Waals surface area contributed by atoms with Crippen LogP contribution in [0.1, 0.15) is 5.56 Å². The van der Waals surface area contributed by atoms with Crippen molar-refractivity contribution in [1.82, 2.24) is 0 Å². The van der Waals surface area contributed by atoms with E-state index in [1.165, 1.54) is 30.3 Å². The summed E-state index contributed by atoms with van der Waals surface area (Å²) in [7, 11) is -4.41. The van der Waals surface area contributed by atoms with Crippen LogP contribution in [-0.2, 0) is 21.0 Å². The topological polar surface area (TPSA) is 75.7 Å². The fraction of sp³-hybridized carbons (Fsp3) is 0.125. The van der Waals surface area contributed by atoms with E-state index in [2.05, 4.69) is 11.9 Å². The van der Waals surface area contributed by atoms with Crippen molar-refractivity contribution in [2.24, 2.45) is 0 Å². The van der Waals surface area contributed by atoms with E-state index in [1.54, 1.807) is 30.3 Å². The summed E-state index contributed by atoms with van der Waals surface area (Å²) in [5, 5.41) is 1.94. The van der Waals surface area contributed by atoms with Crippen LogP contribution in [0.5, 0.6) is 5.75 Å². The molecule has 35 heavy (non-hydrogen) atoms. The number of nitrogens with one attached hydrogen (secondary N) is 1. The van der Waals surface area contributed by atoms with Gasteiger partial charge in [-0.2, -0.15) is 13.2 Å². The molecule has 0 unspecified atom stereocenters. The van der Waals surface area contributed by atoms with E-state index in [4.69, 9.17) is 16.3 Å². The number of halogens is 4. The summed E-state index contributed by atoms with van der Waals surface area (Å²) >= 11 is 5.70. The number of hydrogen-bond donors (Lipinski definition) is 1. The molecule has 0 heterocycles. The van der Waals surface area contributed by atoms with Crippen molar-refractivity contribution in [3.63, 3.8) is 0 Å². The number of ether oxygens (including phenoxy) is 1. The van der Waals surface area contributed by atoms with Crippen LogP contribution in [0.3, 0.4) is 0 Å². The molecular formula is C24H20ClF3N2O4S. The Morgan fingerprint density at radius 1 is 1.06 bits per heavy atom. The molecule has 0 aliphatic rings. The van der Waals surface area contributed by atoms with Gasteiger partial charge in [0.2, 0.25) is 5.91 Å². The molecule has 0 atom stereocenters. The zero-order valence-corrected chi connectivity index (χ0v) is 19.7. The molecule has 0 radical (unpaired) electrons. The van der Waals surface area contributed by atoms with Crippen LogP contribution in [0, 0.1) is 0 Å². The zero-order valence-electron chi connectivity index (χ0n) is 18.1. The first-order valence-electron chi connectivity index (χ1n) is 10.1. The summed E-state index contributed by atoms with van der Waals surface area (Å²) in [6.07, 6.45) is -3.29. The molecule has 0 aliphatic heterocycles. The highest BCUT2D eigenvalue weighted by molar-refractivity contribution is 7.92. The molecule has 0 spiro atoms. The molecule has 0 saturated heterocycles. The molecule has 11 heteroatoms. The zero-order chi connectivity index (χ0) is 25.6. The molecule has 3 aromatic carbocycles.